The molecule has 1 aliphatic heterocycles. The molecular weight excluding hydrogens is 335 g/mol. The zero-order valence-corrected chi connectivity index (χ0v) is 14.6. The van der Waals surface area contributed by atoms with Gasteiger partial charge in [0.1, 0.15) is 17.0 Å². The summed E-state index contributed by atoms with van der Waals surface area (Å²) in [6.45, 7) is 4.10. The summed E-state index contributed by atoms with van der Waals surface area (Å²) in [5.41, 5.74) is 0.814. The van der Waals surface area contributed by atoms with Crippen LogP contribution in [0.1, 0.15) is 23.8 Å². The molecule has 0 aliphatic carbocycles. The van der Waals surface area contributed by atoms with E-state index in [2.05, 4.69) is 32.2 Å². The Balaban J connectivity index is 1.51. The number of hydrogen-bond donors (Lipinski definition) is 1. The minimum absolute atomic E-state index is 0.188. The van der Waals surface area contributed by atoms with Crippen LogP contribution in [0.15, 0.2) is 30.7 Å². The van der Waals surface area contributed by atoms with Gasteiger partial charge < -0.3 is 10.2 Å². The van der Waals surface area contributed by atoms with Crippen LogP contribution < -0.4 is 10.2 Å². The summed E-state index contributed by atoms with van der Waals surface area (Å²) >= 11 is 0. The topological polar surface area (TPSA) is 75.9 Å². The first kappa shape index (κ1) is 16.4. The average molecular weight is 354 g/mol. The van der Waals surface area contributed by atoms with Gasteiger partial charge in [-0.1, -0.05) is 6.92 Å². The molecule has 4 rings (SSSR count). The highest BCUT2D eigenvalue weighted by Crippen LogP contribution is 2.23. The maximum Gasteiger partial charge on any atom is 0.275 e. The summed E-state index contributed by atoms with van der Waals surface area (Å²) in [7, 11) is 1.72. The van der Waals surface area contributed by atoms with E-state index in [1.807, 2.05) is 0 Å². The molecule has 0 bridgehead atoms. The standard InChI is InChI=1S/C18H19FN6O/c1-11-3-4-25(9-11)16-8-20-15(7-21-16)18(26)22-13-5-12-10-24(2)23-17(12)14(19)6-13/h5-8,10-11H,3-4,9H2,1-2H3,(H,22,26). The van der Waals surface area contributed by atoms with Crippen LogP contribution in [0.4, 0.5) is 15.9 Å². The zero-order valence-electron chi connectivity index (χ0n) is 14.6. The van der Waals surface area contributed by atoms with Crippen molar-refractivity contribution < 1.29 is 9.18 Å². The third-order valence-corrected chi connectivity index (χ3v) is 4.55. The highest BCUT2D eigenvalue weighted by molar-refractivity contribution is 6.03. The van der Waals surface area contributed by atoms with Gasteiger partial charge >= 0.3 is 0 Å². The van der Waals surface area contributed by atoms with Crippen LogP contribution in [0.3, 0.4) is 0 Å². The van der Waals surface area contributed by atoms with Crippen molar-refractivity contribution in [2.24, 2.45) is 13.0 Å². The fraction of sp³-hybridized carbons (Fsp3) is 0.333. The van der Waals surface area contributed by atoms with E-state index in [0.717, 1.165) is 25.3 Å². The van der Waals surface area contributed by atoms with Gasteiger partial charge in [0.15, 0.2) is 5.82 Å². The van der Waals surface area contributed by atoms with Crippen LogP contribution in [0.25, 0.3) is 10.9 Å². The molecule has 1 aromatic carbocycles. The Morgan fingerprint density at radius 3 is 2.85 bits per heavy atom. The molecule has 0 radical (unpaired) electrons. The molecule has 2 aromatic heterocycles. The fourth-order valence-corrected chi connectivity index (χ4v) is 3.22. The van der Waals surface area contributed by atoms with E-state index >= 15 is 0 Å². The van der Waals surface area contributed by atoms with E-state index in [4.69, 9.17) is 0 Å². The lowest BCUT2D eigenvalue weighted by Gasteiger charge is -2.16. The molecular formula is C18H19FN6O. The third kappa shape index (κ3) is 3.10. The molecule has 1 unspecified atom stereocenters. The molecule has 1 saturated heterocycles. The second-order valence-corrected chi connectivity index (χ2v) is 6.75. The minimum atomic E-state index is -0.483. The number of fused-ring (bicyclic) bond motifs is 1. The molecule has 1 amide bonds. The van der Waals surface area contributed by atoms with Gasteiger partial charge in [-0.3, -0.25) is 9.48 Å². The summed E-state index contributed by atoms with van der Waals surface area (Å²) < 4.78 is 15.6. The molecule has 0 saturated carbocycles. The number of carbonyl (C=O) groups is 1. The molecule has 8 heteroatoms. The molecule has 134 valence electrons. The van der Waals surface area contributed by atoms with Crippen molar-refractivity contribution in [1.82, 2.24) is 19.7 Å². The van der Waals surface area contributed by atoms with Crippen molar-refractivity contribution in [3.8, 4) is 0 Å². The largest absolute Gasteiger partial charge is 0.355 e. The van der Waals surface area contributed by atoms with Crippen LogP contribution in [0.5, 0.6) is 0 Å². The lowest BCUT2D eigenvalue weighted by atomic mass is 10.2. The Morgan fingerprint density at radius 1 is 1.31 bits per heavy atom. The number of nitrogens with one attached hydrogen (secondary N) is 1. The van der Waals surface area contributed by atoms with Crippen LogP contribution in [0, 0.1) is 11.7 Å². The van der Waals surface area contributed by atoms with Crippen LogP contribution in [-0.2, 0) is 7.05 Å². The molecule has 1 N–H and O–H groups in total. The van der Waals surface area contributed by atoms with Gasteiger partial charge in [-0.2, -0.15) is 5.10 Å². The summed E-state index contributed by atoms with van der Waals surface area (Å²) in [5.74, 6) is 0.496. The second-order valence-electron chi connectivity index (χ2n) is 6.75. The van der Waals surface area contributed by atoms with Crippen molar-refractivity contribution in [1.29, 1.82) is 0 Å². The van der Waals surface area contributed by atoms with E-state index in [0.29, 0.717) is 17.0 Å². The van der Waals surface area contributed by atoms with Gasteiger partial charge in [0.2, 0.25) is 0 Å². The number of carbonyl (C=O) groups excluding carboxylic acids is 1. The van der Waals surface area contributed by atoms with Gasteiger partial charge in [-0.25, -0.2) is 14.4 Å². The monoisotopic (exact) mass is 354 g/mol. The Morgan fingerprint density at radius 2 is 2.15 bits per heavy atom. The van der Waals surface area contributed by atoms with Crippen LogP contribution in [0.2, 0.25) is 0 Å². The SMILES string of the molecule is CC1CCN(c2cnc(C(=O)Nc3cc(F)c4nn(C)cc4c3)cn2)C1. The van der Waals surface area contributed by atoms with E-state index < -0.39 is 11.7 Å². The number of amides is 1. The van der Waals surface area contributed by atoms with Crippen LogP contribution >= 0.6 is 0 Å². The maximum absolute atomic E-state index is 14.1. The van der Waals surface area contributed by atoms with E-state index in [1.165, 1.54) is 16.9 Å². The van der Waals surface area contributed by atoms with Crippen molar-refractivity contribution in [3.63, 3.8) is 0 Å². The summed E-state index contributed by atoms with van der Waals surface area (Å²) in [4.78, 5) is 23.1. The molecule has 7 nitrogen and oxygen atoms in total. The van der Waals surface area contributed by atoms with Crippen molar-refractivity contribution >= 4 is 28.3 Å². The van der Waals surface area contributed by atoms with Gasteiger partial charge in [0.05, 0.1) is 12.4 Å². The zero-order chi connectivity index (χ0) is 18.3. The Hall–Kier alpha value is -3.03. The quantitative estimate of drug-likeness (QED) is 0.782. The Labute approximate surface area is 149 Å². The number of nitrogens with zero attached hydrogens (tertiary/aromatic N) is 5. The molecule has 3 aromatic rings. The smallest absolute Gasteiger partial charge is 0.275 e. The number of benzene rings is 1. The lowest BCUT2D eigenvalue weighted by Crippen LogP contribution is -2.21. The minimum Gasteiger partial charge on any atom is -0.355 e. The van der Waals surface area contributed by atoms with E-state index in [1.54, 1.807) is 25.5 Å². The van der Waals surface area contributed by atoms with Gasteiger partial charge in [-0.05, 0) is 24.5 Å². The molecule has 1 atom stereocenters. The van der Waals surface area contributed by atoms with Gasteiger partial charge in [0, 0.05) is 37.4 Å². The number of aromatic nitrogens is 4. The van der Waals surface area contributed by atoms with Crippen molar-refractivity contribution in [2.45, 2.75) is 13.3 Å². The molecule has 1 aliphatic rings. The van der Waals surface area contributed by atoms with E-state index in [-0.39, 0.29) is 11.2 Å². The van der Waals surface area contributed by atoms with Crippen LogP contribution in [-0.4, -0.2) is 38.7 Å². The number of hydrogen-bond acceptors (Lipinski definition) is 5. The number of anilines is 2. The maximum atomic E-state index is 14.1. The molecule has 0 spiro atoms. The first-order valence-electron chi connectivity index (χ1n) is 8.51. The van der Waals surface area contributed by atoms with Crippen molar-refractivity contribution in [2.75, 3.05) is 23.3 Å². The normalized spacial score (nSPS) is 17.0. The first-order chi connectivity index (χ1) is 12.5. The highest BCUT2D eigenvalue weighted by Gasteiger charge is 2.20. The second kappa shape index (κ2) is 6.36. The first-order valence-corrected chi connectivity index (χ1v) is 8.51. The lowest BCUT2D eigenvalue weighted by molar-refractivity contribution is 0.102. The summed E-state index contributed by atoms with van der Waals surface area (Å²) in [6.07, 6.45) is 5.89. The number of rotatable bonds is 3. The Bertz CT molecular complexity index is 968. The number of aryl methyl sites for hydroxylation is 1. The molecule has 1 fully saturated rings. The van der Waals surface area contributed by atoms with Gasteiger partial charge in [-0.15, -0.1) is 0 Å². The predicted molar refractivity (Wildman–Crippen MR) is 96.7 cm³/mol. The van der Waals surface area contributed by atoms with Gasteiger partial charge in [0.25, 0.3) is 5.91 Å². The Kier molecular flexibility index (Phi) is 4.02. The third-order valence-electron chi connectivity index (χ3n) is 4.55. The predicted octanol–water partition coefficient (Wildman–Crippen LogP) is 2.60. The number of halogens is 1. The highest BCUT2D eigenvalue weighted by atomic mass is 19.1. The van der Waals surface area contributed by atoms with Crippen molar-refractivity contribution in [3.05, 3.63) is 42.2 Å². The van der Waals surface area contributed by atoms with E-state index in [9.17, 15) is 9.18 Å². The summed E-state index contributed by atoms with van der Waals surface area (Å²) in [6, 6.07) is 2.93. The molecule has 3 heterocycles. The molecule has 26 heavy (non-hydrogen) atoms. The average Bonchev–Trinajstić information content (AvgIpc) is 3.20. The fourth-order valence-electron chi connectivity index (χ4n) is 3.22. The summed E-state index contributed by atoms with van der Waals surface area (Å²) in [5, 5.41) is 7.33.